The average Bonchev–Trinajstić information content (AvgIpc) is 2.74. The number of nitrogens with two attached hydrogens (primary N) is 1. The lowest BCUT2D eigenvalue weighted by Gasteiger charge is -2.11. The molecule has 1 aromatic heterocycles. The molecule has 0 radical (unpaired) electrons. The van der Waals surface area contributed by atoms with E-state index in [2.05, 4.69) is 10.2 Å². The molecule has 4 nitrogen and oxygen atoms in total. The summed E-state index contributed by atoms with van der Waals surface area (Å²) in [5.41, 5.74) is 6.39. The molecule has 0 fully saturated rings. The van der Waals surface area contributed by atoms with Crippen molar-refractivity contribution in [1.29, 1.82) is 0 Å². The van der Waals surface area contributed by atoms with Gasteiger partial charge in [0.2, 0.25) is 0 Å². The Morgan fingerprint density at radius 2 is 1.90 bits per heavy atom. The van der Waals surface area contributed by atoms with Crippen molar-refractivity contribution in [2.24, 2.45) is 12.8 Å². The molecule has 2 N–H and O–H groups in total. The summed E-state index contributed by atoms with van der Waals surface area (Å²) in [6, 6.07) is 2.58. The summed E-state index contributed by atoms with van der Waals surface area (Å²) in [4.78, 5) is -0.0701. The van der Waals surface area contributed by atoms with Crippen LogP contribution in [0.15, 0.2) is 22.2 Å². The molecule has 0 aliphatic rings. The van der Waals surface area contributed by atoms with E-state index in [9.17, 15) is 8.78 Å². The quantitative estimate of drug-likeness (QED) is 0.922. The zero-order chi connectivity index (χ0) is 15.6. The highest BCUT2D eigenvalue weighted by atomic mass is 32.2. The fraction of sp³-hybridized carbons (Fsp3) is 0.429. The molecule has 1 unspecified atom stereocenters. The maximum atomic E-state index is 14.1. The van der Waals surface area contributed by atoms with Gasteiger partial charge in [-0.05, 0) is 49.2 Å². The van der Waals surface area contributed by atoms with E-state index in [0.29, 0.717) is 23.0 Å². The van der Waals surface area contributed by atoms with E-state index in [4.69, 9.17) is 5.73 Å². The lowest BCUT2D eigenvalue weighted by Crippen LogP contribution is -2.21. The predicted octanol–water partition coefficient (Wildman–Crippen LogP) is 2.83. The molecule has 0 amide bonds. The smallest absolute Gasteiger partial charge is 0.195 e. The van der Waals surface area contributed by atoms with Crippen LogP contribution in [0.5, 0.6) is 0 Å². The third-order valence-corrected chi connectivity index (χ3v) is 4.46. The topological polar surface area (TPSA) is 56.7 Å². The molecular weight excluding hydrogens is 294 g/mol. The maximum Gasteiger partial charge on any atom is 0.195 e. The Morgan fingerprint density at radius 3 is 2.38 bits per heavy atom. The van der Waals surface area contributed by atoms with E-state index >= 15 is 0 Å². The predicted molar refractivity (Wildman–Crippen MR) is 78.2 cm³/mol. The summed E-state index contributed by atoms with van der Waals surface area (Å²) in [7, 11) is 1.75. The van der Waals surface area contributed by atoms with Crippen LogP contribution in [0.4, 0.5) is 8.78 Å². The Hall–Kier alpha value is -1.47. The molecule has 21 heavy (non-hydrogen) atoms. The van der Waals surface area contributed by atoms with Crippen LogP contribution < -0.4 is 5.73 Å². The number of aromatic nitrogens is 3. The van der Waals surface area contributed by atoms with Gasteiger partial charge in [-0.25, -0.2) is 8.78 Å². The van der Waals surface area contributed by atoms with Gasteiger partial charge in [0, 0.05) is 13.1 Å². The minimum absolute atomic E-state index is 0.0701. The summed E-state index contributed by atoms with van der Waals surface area (Å²) >= 11 is 0.930. The summed E-state index contributed by atoms with van der Waals surface area (Å²) in [5.74, 6) is -0.512. The number of nitrogens with zero attached hydrogens (tertiary/aromatic N) is 3. The van der Waals surface area contributed by atoms with Gasteiger partial charge in [0.1, 0.15) is 17.5 Å². The Kier molecular flexibility index (Phi) is 4.95. The van der Waals surface area contributed by atoms with Crippen molar-refractivity contribution >= 4 is 11.8 Å². The molecule has 0 aliphatic carbocycles. The van der Waals surface area contributed by atoms with Crippen molar-refractivity contribution in [3.8, 4) is 0 Å². The first kappa shape index (κ1) is 15.9. The molecule has 2 rings (SSSR count). The second-order valence-corrected chi connectivity index (χ2v) is 5.93. The Labute approximate surface area is 126 Å². The van der Waals surface area contributed by atoms with Crippen molar-refractivity contribution in [3.05, 3.63) is 35.2 Å². The summed E-state index contributed by atoms with van der Waals surface area (Å²) in [6.45, 7) is 3.72. The number of aryl methyl sites for hydroxylation is 1. The second-order valence-electron chi connectivity index (χ2n) is 4.95. The monoisotopic (exact) mass is 312 g/mol. The molecular formula is C14H18F2N4S. The first-order valence-corrected chi connectivity index (χ1v) is 7.51. The largest absolute Gasteiger partial charge is 0.327 e. The minimum Gasteiger partial charge on any atom is -0.327 e. The van der Waals surface area contributed by atoms with Crippen molar-refractivity contribution in [2.75, 3.05) is 0 Å². The van der Waals surface area contributed by atoms with Gasteiger partial charge in [-0.1, -0.05) is 6.92 Å². The van der Waals surface area contributed by atoms with E-state index < -0.39 is 11.6 Å². The average molecular weight is 312 g/mol. The van der Waals surface area contributed by atoms with Gasteiger partial charge in [-0.15, -0.1) is 10.2 Å². The molecule has 0 bridgehead atoms. The summed E-state index contributed by atoms with van der Waals surface area (Å²) in [6.07, 6.45) is 1.22. The van der Waals surface area contributed by atoms with Crippen LogP contribution in [-0.4, -0.2) is 20.8 Å². The molecule has 0 saturated heterocycles. The Bertz CT molecular complexity index is 619. The Balaban J connectivity index is 2.27. The molecule has 2 aromatic rings. The Morgan fingerprint density at radius 1 is 1.29 bits per heavy atom. The molecule has 114 valence electrons. The van der Waals surface area contributed by atoms with E-state index in [-0.39, 0.29) is 10.9 Å². The fourth-order valence-electron chi connectivity index (χ4n) is 1.84. The van der Waals surface area contributed by atoms with Crippen molar-refractivity contribution in [2.45, 2.75) is 42.8 Å². The lowest BCUT2D eigenvalue weighted by atomic mass is 10.0. The van der Waals surface area contributed by atoms with Crippen molar-refractivity contribution < 1.29 is 8.78 Å². The third-order valence-electron chi connectivity index (χ3n) is 3.33. The zero-order valence-electron chi connectivity index (χ0n) is 12.2. The fourth-order valence-corrected chi connectivity index (χ4v) is 2.69. The number of benzene rings is 1. The second kappa shape index (κ2) is 6.53. The molecule has 1 aromatic carbocycles. The van der Waals surface area contributed by atoms with Crippen molar-refractivity contribution in [3.63, 3.8) is 0 Å². The summed E-state index contributed by atoms with van der Waals surface area (Å²) in [5, 5.41) is 8.22. The number of hydrogen-bond donors (Lipinski definition) is 1. The highest BCUT2D eigenvalue weighted by Gasteiger charge is 2.17. The van der Waals surface area contributed by atoms with E-state index in [1.807, 2.05) is 6.92 Å². The van der Waals surface area contributed by atoms with E-state index in [1.165, 1.54) is 12.1 Å². The van der Waals surface area contributed by atoms with Gasteiger partial charge in [0.05, 0.1) is 4.90 Å². The first-order valence-electron chi connectivity index (χ1n) is 6.69. The molecule has 0 saturated carbocycles. The van der Waals surface area contributed by atoms with Crippen LogP contribution >= 0.6 is 11.8 Å². The highest BCUT2D eigenvalue weighted by molar-refractivity contribution is 7.99. The van der Waals surface area contributed by atoms with Crippen LogP contribution in [0.2, 0.25) is 0 Å². The molecule has 1 heterocycles. The minimum atomic E-state index is -0.598. The van der Waals surface area contributed by atoms with Crippen LogP contribution in [0.3, 0.4) is 0 Å². The molecule has 0 spiro atoms. The molecule has 0 aliphatic heterocycles. The van der Waals surface area contributed by atoms with Crippen molar-refractivity contribution in [1.82, 2.24) is 14.8 Å². The van der Waals surface area contributed by atoms with E-state index in [0.717, 1.165) is 18.2 Å². The van der Waals surface area contributed by atoms with Gasteiger partial charge in [0.25, 0.3) is 0 Å². The van der Waals surface area contributed by atoms with Gasteiger partial charge in [-0.3, -0.25) is 0 Å². The number of hydrogen-bond acceptors (Lipinski definition) is 4. The van der Waals surface area contributed by atoms with Crippen LogP contribution in [-0.2, 0) is 13.5 Å². The SMILES string of the molecule is CCC(N)Cc1cc(F)c(Sc2nnc(C)n2C)c(F)c1. The maximum absolute atomic E-state index is 14.1. The highest BCUT2D eigenvalue weighted by Crippen LogP contribution is 2.31. The third kappa shape index (κ3) is 3.59. The first-order chi connectivity index (χ1) is 9.92. The standard InChI is InChI=1S/C14H18F2N4S/c1-4-10(17)5-9-6-11(15)13(12(16)7-9)21-14-19-18-8(2)20(14)3/h6-7,10H,4-5,17H2,1-3H3. The van der Waals surface area contributed by atoms with Gasteiger partial charge in [0.15, 0.2) is 5.16 Å². The van der Waals surface area contributed by atoms with Gasteiger partial charge in [-0.2, -0.15) is 0 Å². The van der Waals surface area contributed by atoms with Crippen LogP contribution in [0, 0.1) is 18.6 Å². The van der Waals surface area contributed by atoms with Crippen LogP contribution in [0.25, 0.3) is 0 Å². The van der Waals surface area contributed by atoms with Gasteiger partial charge < -0.3 is 10.3 Å². The summed E-state index contributed by atoms with van der Waals surface area (Å²) < 4.78 is 29.9. The number of halogens is 2. The zero-order valence-corrected chi connectivity index (χ0v) is 13.0. The number of rotatable bonds is 5. The molecule has 1 atom stereocenters. The van der Waals surface area contributed by atoms with Crippen LogP contribution in [0.1, 0.15) is 24.7 Å². The lowest BCUT2D eigenvalue weighted by molar-refractivity contribution is 0.532. The van der Waals surface area contributed by atoms with E-state index in [1.54, 1.807) is 18.5 Å². The van der Waals surface area contributed by atoms with Gasteiger partial charge >= 0.3 is 0 Å². The normalized spacial score (nSPS) is 12.7. The molecule has 7 heteroatoms.